The zero-order valence-corrected chi connectivity index (χ0v) is 31.4. The summed E-state index contributed by atoms with van der Waals surface area (Å²) >= 11 is 0. The topological polar surface area (TPSA) is 265 Å². The molecule has 0 aliphatic carbocycles. The fraction of sp³-hybridized carbons (Fsp3) is 0.833. The lowest BCUT2D eigenvalue weighted by molar-refractivity contribution is -0.137. The third-order valence-corrected chi connectivity index (χ3v) is 15.6. The highest BCUT2D eigenvalue weighted by Gasteiger charge is 2.53. The van der Waals surface area contributed by atoms with Crippen molar-refractivity contribution in [1.82, 2.24) is 12.7 Å². The Kier molecular flexibility index (Phi) is 18.1. The normalized spacial score (nSPS) is 14.2. The van der Waals surface area contributed by atoms with E-state index in [4.69, 9.17) is 32.4 Å². The Labute approximate surface area is 283 Å². The minimum atomic E-state index is -4.97. The van der Waals surface area contributed by atoms with Crippen LogP contribution in [0.15, 0.2) is 12.7 Å². The van der Waals surface area contributed by atoms with E-state index in [1.807, 2.05) is 0 Å². The average molecular weight is 778 g/mol. The van der Waals surface area contributed by atoms with E-state index in [2.05, 4.69) is 11.9 Å². The number of sulfonamides is 2. The van der Waals surface area contributed by atoms with E-state index >= 15 is 0 Å². The monoisotopic (exact) mass is 777 g/mol. The van der Waals surface area contributed by atoms with Crippen molar-refractivity contribution in [3.8, 4) is 0 Å². The lowest BCUT2D eigenvalue weighted by Gasteiger charge is -2.42. The van der Waals surface area contributed by atoms with Crippen LogP contribution in [0.3, 0.4) is 0 Å². The van der Waals surface area contributed by atoms with E-state index in [1.54, 1.807) is 0 Å². The van der Waals surface area contributed by atoms with E-state index in [1.165, 1.54) is 27.7 Å². The molecule has 2 N–H and O–H groups in total. The summed E-state index contributed by atoms with van der Waals surface area (Å²) in [4.78, 5) is 23.6. The number of rotatable bonds is 24. The first kappa shape index (κ1) is 46.0. The third kappa shape index (κ3) is 13.0. The smallest absolute Gasteiger partial charge is 0.407 e. The number of amides is 1. The number of nitrogens with zero attached hydrogens (tertiary/aromatic N) is 2. The van der Waals surface area contributed by atoms with Crippen LogP contribution in [0.5, 0.6) is 0 Å². The summed E-state index contributed by atoms with van der Waals surface area (Å²) in [5.41, 5.74) is -1.81. The number of nitrogens with one attached hydrogen (secondary N) is 1. The molecule has 0 bridgehead atoms. The SMILES string of the molecule is C=CC(=O)OCCNC(=O)OC(COC(C)(C)C(C)(C)S(=O)(=O)N(C)S(=O)(=O)OCCOCCO)COS(=O)(=O)N(C)S(=O)(=O)C(C)C. The van der Waals surface area contributed by atoms with Gasteiger partial charge in [-0.2, -0.15) is 16.8 Å². The molecular weight excluding hydrogens is 731 g/mol. The second kappa shape index (κ2) is 18.8. The zero-order chi connectivity index (χ0) is 37.8. The molecule has 0 saturated carbocycles. The molecule has 0 spiro atoms. The molecule has 1 unspecified atom stereocenters. The van der Waals surface area contributed by atoms with Gasteiger partial charge in [-0.15, -0.1) is 0 Å². The van der Waals surface area contributed by atoms with Gasteiger partial charge in [-0.1, -0.05) is 14.0 Å². The molecule has 0 rings (SSSR count). The van der Waals surface area contributed by atoms with Crippen LogP contribution in [0, 0.1) is 0 Å². The molecule has 0 heterocycles. The molecule has 0 radical (unpaired) electrons. The summed E-state index contributed by atoms with van der Waals surface area (Å²) in [6, 6.07) is 0. The van der Waals surface area contributed by atoms with Gasteiger partial charge in [-0.25, -0.2) is 26.4 Å². The van der Waals surface area contributed by atoms with Crippen LogP contribution in [-0.2, 0) is 72.8 Å². The summed E-state index contributed by atoms with van der Waals surface area (Å²) in [7, 11) is -17.5. The van der Waals surface area contributed by atoms with E-state index in [0.29, 0.717) is 0 Å². The largest absolute Gasteiger partial charge is 0.461 e. The summed E-state index contributed by atoms with van der Waals surface area (Å²) < 4.78 is 130. The maximum Gasteiger partial charge on any atom is 0.407 e. The number of hydrogen-bond acceptors (Lipinski definition) is 17. The quantitative estimate of drug-likeness (QED) is 0.0665. The Bertz CT molecular complexity index is 1510. The van der Waals surface area contributed by atoms with Gasteiger partial charge < -0.3 is 29.4 Å². The molecule has 0 aliphatic heterocycles. The first-order valence-corrected chi connectivity index (χ1v) is 19.7. The molecule has 0 aromatic rings. The predicted molar refractivity (Wildman–Crippen MR) is 170 cm³/mol. The second-order valence-electron chi connectivity index (χ2n) is 10.9. The van der Waals surface area contributed by atoms with Crippen LogP contribution in [0.1, 0.15) is 41.5 Å². The highest BCUT2D eigenvalue weighted by atomic mass is 32.3. The van der Waals surface area contributed by atoms with Crippen LogP contribution in [-0.4, -0.2) is 147 Å². The summed E-state index contributed by atoms with van der Waals surface area (Å²) in [6.07, 6.45) is -1.93. The number of alkyl carbamates (subject to hydrolysis) is 1. The highest BCUT2D eigenvalue weighted by Crippen LogP contribution is 2.36. The van der Waals surface area contributed by atoms with E-state index in [0.717, 1.165) is 34.0 Å². The number of esters is 1. The molecule has 1 atom stereocenters. The Morgan fingerprint density at radius 3 is 1.94 bits per heavy atom. The van der Waals surface area contributed by atoms with Crippen LogP contribution in [0.4, 0.5) is 4.79 Å². The fourth-order valence-electron chi connectivity index (χ4n) is 3.00. The molecule has 284 valence electrons. The van der Waals surface area contributed by atoms with Crippen molar-refractivity contribution in [2.24, 2.45) is 0 Å². The first-order valence-electron chi connectivity index (χ1n) is 14.1. The van der Waals surface area contributed by atoms with Gasteiger partial charge in [0.2, 0.25) is 20.0 Å². The van der Waals surface area contributed by atoms with Crippen molar-refractivity contribution in [2.75, 3.05) is 66.9 Å². The summed E-state index contributed by atoms with van der Waals surface area (Å²) in [6.45, 7) is 6.92. The van der Waals surface area contributed by atoms with Gasteiger partial charge in [0, 0.05) is 20.2 Å². The van der Waals surface area contributed by atoms with Crippen molar-refractivity contribution in [1.29, 1.82) is 0 Å². The molecule has 0 fully saturated rings. The number of aliphatic hydroxyl groups is 1. The summed E-state index contributed by atoms with van der Waals surface area (Å²) in [5, 5.41) is 9.80. The molecule has 0 saturated heterocycles. The minimum absolute atomic E-state index is 0.00154. The number of carbonyl (C=O) groups excluding carboxylic acids is 2. The summed E-state index contributed by atoms with van der Waals surface area (Å²) in [5.74, 6) is -0.771. The Hall–Kier alpha value is -2.00. The van der Waals surface area contributed by atoms with E-state index < -0.39 is 94.2 Å². The predicted octanol–water partition coefficient (Wildman–Crippen LogP) is -1.15. The number of hydrogen-bond donors (Lipinski definition) is 2. The van der Waals surface area contributed by atoms with Crippen molar-refractivity contribution in [3.63, 3.8) is 0 Å². The number of ether oxygens (including phenoxy) is 4. The standard InChI is InChI=1S/C24H47N3O17S4/c1-10-21(29)40-13-11-25-22(30)44-20(18-43-47(35,36)26(8)45(31,32)19(2)3)17-41-23(4,5)24(6,7)46(33,34)27(9)48(37,38)42-16-15-39-14-12-28/h10,19-20,28H,1,11-18H2,2-9H3,(H,25,30). The molecule has 20 nitrogen and oxygen atoms in total. The number of carbonyl (C=O) groups is 2. The average Bonchev–Trinajstić information content (AvgIpc) is 2.99. The van der Waals surface area contributed by atoms with E-state index in [-0.39, 0.29) is 40.4 Å². The van der Waals surface area contributed by atoms with Crippen molar-refractivity contribution < 1.29 is 75.7 Å². The van der Waals surface area contributed by atoms with Gasteiger partial charge in [-0.3, -0.25) is 8.37 Å². The third-order valence-electron chi connectivity index (χ3n) is 6.80. The Morgan fingerprint density at radius 1 is 0.854 bits per heavy atom. The first-order chi connectivity index (χ1) is 21.7. The van der Waals surface area contributed by atoms with Gasteiger partial charge in [0.15, 0.2) is 6.10 Å². The van der Waals surface area contributed by atoms with Crippen LogP contribution >= 0.6 is 0 Å². The number of aliphatic hydroxyl groups excluding tert-OH is 1. The van der Waals surface area contributed by atoms with Crippen LogP contribution in [0.25, 0.3) is 0 Å². The molecule has 1 amide bonds. The van der Waals surface area contributed by atoms with E-state index in [9.17, 15) is 43.3 Å². The highest BCUT2D eigenvalue weighted by molar-refractivity contribution is 8.03. The van der Waals surface area contributed by atoms with Gasteiger partial charge >= 0.3 is 32.7 Å². The Morgan fingerprint density at radius 2 is 1.42 bits per heavy atom. The maximum atomic E-state index is 13.5. The molecule has 24 heteroatoms. The van der Waals surface area contributed by atoms with Crippen LogP contribution < -0.4 is 5.32 Å². The lowest BCUT2D eigenvalue weighted by Crippen LogP contribution is -2.58. The van der Waals surface area contributed by atoms with Crippen LogP contribution in [0.2, 0.25) is 0 Å². The minimum Gasteiger partial charge on any atom is -0.461 e. The van der Waals surface area contributed by atoms with Crippen molar-refractivity contribution in [2.45, 2.75) is 63.2 Å². The van der Waals surface area contributed by atoms with Gasteiger partial charge in [0.1, 0.15) is 18.0 Å². The molecule has 0 aliphatic rings. The second-order valence-corrected chi connectivity index (χ2v) is 19.7. The van der Waals surface area contributed by atoms with Gasteiger partial charge in [0.25, 0.3) is 0 Å². The van der Waals surface area contributed by atoms with Crippen molar-refractivity contribution in [3.05, 3.63) is 12.7 Å². The lowest BCUT2D eigenvalue weighted by atomic mass is 9.93. The van der Waals surface area contributed by atoms with Gasteiger partial charge in [-0.05, 0) is 41.5 Å². The molecule has 0 aromatic carbocycles. The molecule has 48 heavy (non-hydrogen) atoms. The van der Waals surface area contributed by atoms with Crippen molar-refractivity contribution >= 4 is 52.7 Å². The maximum absolute atomic E-state index is 13.5. The zero-order valence-electron chi connectivity index (χ0n) is 28.1. The molecular formula is C24H47N3O17S4. The fourth-order valence-corrected chi connectivity index (χ4v) is 9.13. The van der Waals surface area contributed by atoms with Gasteiger partial charge in [0.05, 0.1) is 50.4 Å². The molecule has 0 aromatic heterocycles. The Balaban J connectivity index is 6.03.